The normalized spacial score (nSPS) is 15.3. The van der Waals surface area contributed by atoms with Crippen molar-refractivity contribution >= 4 is 17.4 Å². The summed E-state index contributed by atoms with van der Waals surface area (Å²) in [6.07, 6.45) is 7.49. The van der Waals surface area contributed by atoms with Crippen molar-refractivity contribution in [3.05, 3.63) is 58.9 Å². The molecule has 3 aromatic heterocycles. The number of piperidine rings is 1. The largest absolute Gasteiger partial charge is 0.338 e. The maximum Gasteiger partial charge on any atom is 0.267 e. The number of rotatable bonds is 4. The van der Waals surface area contributed by atoms with Crippen molar-refractivity contribution in [2.45, 2.75) is 32.2 Å². The van der Waals surface area contributed by atoms with E-state index in [-0.39, 0.29) is 5.91 Å². The second-order valence-corrected chi connectivity index (χ2v) is 7.24. The third-order valence-corrected chi connectivity index (χ3v) is 5.62. The van der Waals surface area contributed by atoms with E-state index in [1.165, 1.54) is 11.5 Å². The van der Waals surface area contributed by atoms with E-state index >= 15 is 0 Å². The van der Waals surface area contributed by atoms with Gasteiger partial charge in [0.1, 0.15) is 10.7 Å². The van der Waals surface area contributed by atoms with Gasteiger partial charge in [0.15, 0.2) is 0 Å². The highest BCUT2D eigenvalue weighted by Gasteiger charge is 2.28. The van der Waals surface area contributed by atoms with Gasteiger partial charge in [0, 0.05) is 37.6 Å². The van der Waals surface area contributed by atoms with Gasteiger partial charge in [-0.15, -0.1) is 5.10 Å². The average Bonchev–Trinajstić information content (AvgIpc) is 3.31. The minimum atomic E-state index is 0.0489. The van der Waals surface area contributed by atoms with Gasteiger partial charge < -0.3 is 9.47 Å². The Kier molecular flexibility index (Phi) is 4.75. The summed E-state index contributed by atoms with van der Waals surface area (Å²) in [6, 6.07) is 5.95. The molecule has 1 aliphatic heterocycles. The van der Waals surface area contributed by atoms with E-state index in [2.05, 4.69) is 24.1 Å². The second kappa shape index (κ2) is 7.33. The van der Waals surface area contributed by atoms with Crippen molar-refractivity contribution in [3.63, 3.8) is 0 Å². The third-order valence-electron chi connectivity index (χ3n) is 4.80. The summed E-state index contributed by atoms with van der Waals surface area (Å²) in [5, 5.41) is 3.94. The zero-order chi connectivity index (χ0) is 17.9. The molecule has 26 heavy (non-hydrogen) atoms. The van der Waals surface area contributed by atoms with Crippen molar-refractivity contribution in [1.82, 2.24) is 29.0 Å². The van der Waals surface area contributed by atoms with E-state index in [0.29, 0.717) is 16.5 Å². The fourth-order valence-corrected chi connectivity index (χ4v) is 4.02. The van der Waals surface area contributed by atoms with Crippen LogP contribution in [0.5, 0.6) is 0 Å². The highest BCUT2D eigenvalue weighted by Crippen LogP contribution is 2.28. The number of carbonyl (C=O) groups is 1. The lowest BCUT2D eigenvalue weighted by molar-refractivity contribution is 0.0714. The van der Waals surface area contributed by atoms with E-state index < -0.39 is 0 Å². The predicted octanol–water partition coefficient (Wildman–Crippen LogP) is 2.51. The molecule has 0 aliphatic carbocycles. The molecule has 1 fully saturated rings. The lowest BCUT2D eigenvalue weighted by Crippen LogP contribution is -2.38. The lowest BCUT2D eigenvalue weighted by Gasteiger charge is -2.31. The molecule has 3 aromatic rings. The van der Waals surface area contributed by atoms with E-state index in [9.17, 15) is 4.79 Å². The van der Waals surface area contributed by atoms with Crippen molar-refractivity contribution in [2.24, 2.45) is 0 Å². The van der Waals surface area contributed by atoms with Gasteiger partial charge in [0.25, 0.3) is 5.91 Å². The van der Waals surface area contributed by atoms with Crippen LogP contribution in [0.2, 0.25) is 0 Å². The number of carbonyl (C=O) groups excluding carboxylic acids is 1. The van der Waals surface area contributed by atoms with Gasteiger partial charge in [0.05, 0.1) is 17.9 Å². The van der Waals surface area contributed by atoms with Crippen LogP contribution < -0.4 is 0 Å². The topological polar surface area (TPSA) is 76.8 Å². The van der Waals surface area contributed by atoms with Crippen molar-refractivity contribution in [1.29, 1.82) is 0 Å². The summed E-state index contributed by atoms with van der Waals surface area (Å²) in [7, 11) is 0. The Balaban J connectivity index is 1.42. The van der Waals surface area contributed by atoms with E-state index in [4.69, 9.17) is 0 Å². The molecule has 0 spiro atoms. The van der Waals surface area contributed by atoms with Gasteiger partial charge >= 0.3 is 0 Å². The first-order chi connectivity index (χ1) is 12.7. The Labute approximate surface area is 155 Å². The smallest absolute Gasteiger partial charge is 0.267 e. The van der Waals surface area contributed by atoms with Gasteiger partial charge in [-0.3, -0.25) is 9.78 Å². The highest BCUT2D eigenvalue weighted by atomic mass is 32.1. The first-order valence-corrected chi connectivity index (χ1v) is 9.49. The Morgan fingerprint density at radius 1 is 1.23 bits per heavy atom. The molecule has 8 heteroatoms. The van der Waals surface area contributed by atoms with Gasteiger partial charge in [-0.25, -0.2) is 4.98 Å². The molecule has 0 radical (unpaired) electrons. The molecule has 0 bridgehead atoms. The number of amides is 1. The number of imidazole rings is 1. The van der Waals surface area contributed by atoms with Crippen molar-refractivity contribution in [2.75, 3.05) is 13.1 Å². The van der Waals surface area contributed by atoms with Crippen molar-refractivity contribution < 1.29 is 4.79 Å². The van der Waals surface area contributed by atoms with Crippen LogP contribution in [0.3, 0.4) is 0 Å². The van der Waals surface area contributed by atoms with Crippen LogP contribution in [0.15, 0.2) is 36.8 Å². The standard InChI is InChI=1S/C18H20N6OS/c1-13-16(26-22-21-13)18(25)23-9-5-14(6-10-23)17-20-8-11-24(17)12-15-4-2-3-7-19-15/h2-4,7-8,11,14H,5-6,9-10,12H2,1H3. The summed E-state index contributed by atoms with van der Waals surface area (Å²) in [4.78, 5) is 24.2. The summed E-state index contributed by atoms with van der Waals surface area (Å²) in [5.74, 6) is 1.49. The summed E-state index contributed by atoms with van der Waals surface area (Å²) < 4.78 is 6.04. The molecule has 4 heterocycles. The van der Waals surface area contributed by atoms with E-state index in [1.54, 1.807) is 0 Å². The van der Waals surface area contributed by atoms with Crippen LogP contribution in [-0.2, 0) is 6.54 Å². The number of hydrogen-bond acceptors (Lipinski definition) is 6. The Hall–Kier alpha value is -2.61. The monoisotopic (exact) mass is 368 g/mol. The minimum Gasteiger partial charge on any atom is -0.338 e. The zero-order valence-electron chi connectivity index (χ0n) is 14.6. The van der Waals surface area contributed by atoms with Crippen LogP contribution in [0.1, 0.15) is 45.6 Å². The maximum absolute atomic E-state index is 12.6. The number of likely N-dealkylation sites (tertiary alicyclic amines) is 1. The Morgan fingerprint density at radius 3 is 2.77 bits per heavy atom. The third kappa shape index (κ3) is 3.37. The molecule has 4 rings (SSSR count). The molecule has 1 aliphatic rings. The SMILES string of the molecule is Cc1nnsc1C(=O)N1CCC(c2nccn2Cc2ccccn2)CC1. The molecule has 1 saturated heterocycles. The fraction of sp³-hybridized carbons (Fsp3) is 0.389. The summed E-state index contributed by atoms with van der Waals surface area (Å²) >= 11 is 1.18. The number of nitrogens with zero attached hydrogens (tertiary/aromatic N) is 6. The molecule has 0 saturated carbocycles. The quantitative estimate of drug-likeness (QED) is 0.707. The molecule has 1 amide bonds. The summed E-state index contributed by atoms with van der Waals surface area (Å²) in [5.41, 5.74) is 1.74. The van der Waals surface area contributed by atoms with E-state index in [0.717, 1.165) is 44.0 Å². The molecule has 0 aromatic carbocycles. The average molecular weight is 368 g/mol. The zero-order valence-corrected chi connectivity index (χ0v) is 15.4. The predicted molar refractivity (Wildman–Crippen MR) is 98.1 cm³/mol. The molecule has 0 unspecified atom stereocenters. The molecular weight excluding hydrogens is 348 g/mol. The number of aryl methyl sites for hydroxylation is 1. The van der Waals surface area contributed by atoms with Crippen LogP contribution in [0, 0.1) is 6.92 Å². The summed E-state index contributed by atoms with van der Waals surface area (Å²) in [6.45, 7) is 4.02. The first kappa shape index (κ1) is 16.8. The second-order valence-electron chi connectivity index (χ2n) is 6.49. The first-order valence-electron chi connectivity index (χ1n) is 8.71. The maximum atomic E-state index is 12.6. The molecule has 0 atom stereocenters. The number of pyridine rings is 1. The lowest BCUT2D eigenvalue weighted by atomic mass is 9.95. The number of hydrogen-bond donors (Lipinski definition) is 0. The van der Waals surface area contributed by atoms with Crippen LogP contribution in [0.25, 0.3) is 0 Å². The van der Waals surface area contributed by atoms with Gasteiger partial charge in [0.2, 0.25) is 0 Å². The molecule has 7 nitrogen and oxygen atoms in total. The van der Waals surface area contributed by atoms with Gasteiger partial charge in [-0.05, 0) is 43.4 Å². The Bertz CT molecular complexity index is 882. The van der Waals surface area contributed by atoms with Crippen LogP contribution in [0.4, 0.5) is 0 Å². The van der Waals surface area contributed by atoms with Crippen LogP contribution >= 0.6 is 11.5 Å². The van der Waals surface area contributed by atoms with Crippen LogP contribution in [-0.4, -0.2) is 48.0 Å². The van der Waals surface area contributed by atoms with Crippen molar-refractivity contribution in [3.8, 4) is 0 Å². The molecular formula is C18H20N6OS. The highest BCUT2D eigenvalue weighted by molar-refractivity contribution is 7.07. The fourth-order valence-electron chi connectivity index (χ4n) is 3.39. The molecule has 134 valence electrons. The number of aromatic nitrogens is 5. The molecule has 0 N–H and O–H groups in total. The minimum absolute atomic E-state index is 0.0489. The van der Waals surface area contributed by atoms with Gasteiger partial charge in [-0.2, -0.15) is 0 Å². The Morgan fingerprint density at radius 2 is 2.08 bits per heavy atom. The van der Waals surface area contributed by atoms with E-state index in [1.807, 2.05) is 48.6 Å². The van der Waals surface area contributed by atoms with Gasteiger partial charge in [-0.1, -0.05) is 10.6 Å².